The lowest BCUT2D eigenvalue weighted by Gasteiger charge is -2.33. The number of nitrogens with one attached hydrogen (secondary N) is 1. The van der Waals surface area contributed by atoms with Crippen molar-refractivity contribution in [3.63, 3.8) is 0 Å². The predicted octanol–water partition coefficient (Wildman–Crippen LogP) is 4.44. The average Bonchev–Trinajstić information content (AvgIpc) is 3.38. The molecule has 1 aromatic carbocycles. The number of amides is 2. The Kier molecular flexibility index (Phi) is 7.63. The number of alkyl halides is 1. The molecule has 2 aliphatic rings. The van der Waals surface area contributed by atoms with Gasteiger partial charge in [-0.2, -0.15) is 0 Å². The van der Waals surface area contributed by atoms with E-state index in [1.54, 1.807) is 18.5 Å². The number of nitrogens with zero attached hydrogens (tertiary/aromatic N) is 3. The van der Waals surface area contributed by atoms with Gasteiger partial charge in [0.15, 0.2) is 0 Å². The van der Waals surface area contributed by atoms with E-state index in [1.807, 2.05) is 30.3 Å². The van der Waals surface area contributed by atoms with Crippen LogP contribution in [-0.2, 0) is 9.59 Å². The van der Waals surface area contributed by atoms with Gasteiger partial charge in [-0.3, -0.25) is 19.5 Å². The van der Waals surface area contributed by atoms with E-state index in [-0.39, 0.29) is 23.7 Å². The van der Waals surface area contributed by atoms with E-state index in [9.17, 15) is 9.59 Å². The van der Waals surface area contributed by atoms with E-state index in [2.05, 4.69) is 15.2 Å². The Balaban J connectivity index is 1.65. The van der Waals surface area contributed by atoms with Crippen LogP contribution in [0.3, 0.4) is 0 Å². The zero-order valence-corrected chi connectivity index (χ0v) is 19.1. The summed E-state index contributed by atoms with van der Waals surface area (Å²) in [5.74, 6) is -0.707. The van der Waals surface area contributed by atoms with Crippen molar-refractivity contribution >= 4 is 34.8 Å². The topological polar surface area (TPSA) is 65.5 Å². The molecule has 1 saturated heterocycles. The first kappa shape index (κ1) is 22.6. The summed E-state index contributed by atoms with van der Waals surface area (Å²) in [6, 6.07) is 10.8. The van der Waals surface area contributed by atoms with Gasteiger partial charge in [0.05, 0.1) is 0 Å². The van der Waals surface area contributed by atoms with Crippen molar-refractivity contribution in [2.24, 2.45) is 0 Å². The number of halogens is 1. The average molecular weight is 455 g/mol. The van der Waals surface area contributed by atoms with Crippen molar-refractivity contribution in [3.05, 3.63) is 54.4 Å². The molecule has 1 aromatic heterocycles. The Hall–Kier alpha value is -2.60. The molecule has 1 unspecified atom stereocenters. The minimum absolute atomic E-state index is 0.140. The van der Waals surface area contributed by atoms with E-state index in [4.69, 9.17) is 11.6 Å². The Bertz CT molecular complexity index is 894. The van der Waals surface area contributed by atoms with Crippen LogP contribution >= 0.6 is 11.6 Å². The van der Waals surface area contributed by atoms with Gasteiger partial charge in [-0.25, -0.2) is 0 Å². The third kappa shape index (κ3) is 5.23. The summed E-state index contributed by atoms with van der Waals surface area (Å²) in [4.78, 5) is 34.7. The maximum atomic E-state index is 13.5. The van der Waals surface area contributed by atoms with Gasteiger partial charge in [-0.15, -0.1) is 11.6 Å². The van der Waals surface area contributed by atoms with Gasteiger partial charge in [0, 0.05) is 48.5 Å². The van der Waals surface area contributed by atoms with Crippen LogP contribution < -0.4 is 15.1 Å². The predicted molar refractivity (Wildman–Crippen MR) is 128 cm³/mol. The van der Waals surface area contributed by atoms with Gasteiger partial charge < -0.3 is 10.2 Å². The molecule has 1 saturated carbocycles. The van der Waals surface area contributed by atoms with Crippen molar-refractivity contribution < 1.29 is 9.59 Å². The molecule has 4 rings (SSSR count). The summed E-state index contributed by atoms with van der Waals surface area (Å²) in [5, 5.41) is 3.19. The molecule has 0 bridgehead atoms. The Morgan fingerprint density at radius 3 is 2.41 bits per heavy atom. The molecule has 32 heavy (non-hydrogen) atoms. The van der Waals surface area contributed by atoms with Gasteiger partial charge in [-0.05, 0) is 56.0 Å². The highest BCUT2D eigenvalue weighted by atomic mass is 35.5. The summed E-state index contributed by atoms with van der Waals surface area (Å²) < 4.78 is 0. The highest BCUT2D eigenvalue weighted by Crippen LogP contribution is 2.31. The zero-order chi connectivity index (χ0) is 22.3. The molecule has 7 heteroatoms. The number of aromatic nitrogens is 1. The fourth-order valence-electron chi connectivity index (χ4n) is 4.78. The number of hydrogen-bond donors (Lipinski definition) is 1. The van der Waals surface area contributed by atoms with Crippen LogP contribution in [0.25, 0.3) is 0 Å². The Labute approximate surface area is 195 Å². The number of hydrogen-bond acceptors (Lipinski definition) is 4. The van der Waals surface area contributed by atoms with Crippen LogP contribution in [0.5, 0.6) is 0 Å². The molecule has 2 aromatic rings. The molecule has 2 fully saturated rings. The molecule has 1 N–H and O–H groups in total. The maximum Gasteiger partial charge on any atom is 0.248 e. The third-order valence-electron chi connectivity index (χ3n) is 6.44. The molecule has 2 heterocycles. The summed E-state index contributed by atoms with van der Waals surface area (Å²) >= 11 is 6.01. The fraction of sp³-hybridized carbons (Fsp3) is 0.480. The Morgan fingerprint density at radius 1 is 1.06 bits per heavy atom. The van der Waals surface area contributed by atoms with Crippen molar-refractivity contribution in [3.8, 4) is 0 Å². The van der Waals surface area contributed by atoms with Crippen LogP contribution in [-0.4, -0.2) is 41.8 Å². The molecule has 0 spiro atoms. The van der Waals surface area contributed by atoms with Crippen LogP contribution in [0.15, 0.2) is 48.8 Å². The van der Waals surface area contributed by atoms with Crippen molar-refractivity contribution in [2.75, 3.05) is 28.8 Å². The molecule has 0 radical (unpaired) electrons. The first-order valence-corrected chi connectivity index (χ1v) is 12.1. The summed E-state index contributed by atoms with van der Waals surface area (Å²) in [6.07, 6.45) is 11.1. The monoisotopic (exact) mass is 454 g/mol. The fourth-order valence-corrected chi connectivity index (χ4v) is 4.91. The van der Waals surface area contributed by atoms with E-state index in [0.717, 1.165) is 44.5 Å². The molecule has 1 atom stereocenters. The number of rotatable bonds is 7. The van der Waals surface area contributed by atoms with Gasteiger partial charge in [0.25, 0.3) is 0 Å². The van der Waals surface area contributed by atoms with E-state index < -0.39 is 6.04 Å². The second kappa shape index (κ2) is 10.8. The van der Waals surface area contributed by atoms with Crippen LogP contribution in [0, 0.1) is 0 Å². The van der Waals surface area contributed by atoms with Gasteiger partial charge >= 0.3 is 0 Å². The number of anilines is 2. The largest absolute Gasteiger partial charge is 0.372 e. The minimum Gasteiger partial charge on any atom is -0.372 e. The SMILES string of the molecule is O=C(NC1CCCCC1)C(c1cccnc1)N(C(=O)CCl)c1ccc(N2CCCC2)cc1. The molecule has 1 aliphatic carbocycles. The standard InChI is InChI=1S/C25H31ClN4O2/c26-17-23(31)30(22-12-10-21(11-13-22)29-15-4-5-16-29)24(19-7-6-14-27-18-19)25(32)28-20-8-2-1-3-9-20/h6-7,10-14,18,20,24H,1-5,8-9,15-17H2,(H,28,32). The molecular weight excluding hydrogens is 424 g/mol. The molecule has 1 aliphatic heterocycles. The second-order valence-electron chi connectivity index (χ2n) is 8.64. The highest BCUT2D eigenvalue weighted by Gasteiger charge is 2.34. The Morgan fingerprint density at radius 2 is 1.78 bits per heavy atom. The molecular formula is C25H31ClN4O2. The molecule has 2 amide bonds. The molecule has 170 valence electrons. The van der Waals surface area contributed by atoms with E-state index in [0.29, 0.717) is 11.3 Å². The van der Waals surface area contributed by atoms with Gasteiger partial charge in [-0.1, -0.05) is 25.3 Å². The van der Waals surface area contributed by atoms with E-state index >= 15 is 0 Å². The quantitative estimate of drug-likeness (QED) is 0.628. The number of carbonyl (C=O) groups is 2. The highest BCUT2D eigenvalue weighted by molar-refractivity contribution is 6.29. The summed E-state index contributed by atoms with van der Waals surface area (Å²) in [7, 11) is 0. The van der Waals surface area contributed by atoms with Gasteiger partial charge in [0.1, 0.15) is 11.9 Å². The summed E-state index contributed by atoms with van der Waals surface area (Å²) in [5.41, 5.74) is 2.46. The summed E-state index contributed by atoms with van der Waals surface area (Å²) in [6.45, 7) is 2.09. The third-order valence-corrected chi connectivity index (χ3v) is 6.67. The van der Waals surface area contributed by atoms with Crippen LogP contribution in [0.4, 0.5) is 11.4 Å². The van der Waals surface area contributed by atoms with Crippen molar-refractivity contribution in [1.29, 1.82) is 0 Å². The molecule has 6 nitrogen and oxygen atoms in total. The van der Waals surface area contributed by atoms with Crippen molar-refractivity contribution in [1.82, 2.24) is 10.3 Å². The minimum atomic E-state index is -0.825. The van der Waals surface area contributed by atoms with Gasteiger partial charge in [0.2, 0.25) is 11.8 Å². The first-order chi connectivity index (χ1) is 15.7. The lowest BCUT2D eigenvalue weighted by molar-refractivity contribution is -0.126. The number of carbonyl (C=O) groups excluding carboxylic acids is 2. The zero-order valence-electron chi connectivity index (χ0n) is 18.4. The maximum absolute atomic E-state index is 13.5. The smallest absolute Gasteiger partial charge is 0.248 e. The lowest BCUT2D eigenvalue weighted by atomic mass is 9.94. The lowest BCUT2D eigenvalue weighted by Crippen LogP contribution is -2.47. The second-order valence-corrected chi connectivity index (χ2v) is 8.91. The van der Waals surface area contributed by atoms with Crippen LogP contribution in [0.1, 0.15) is 56.6 Å². The normalized spacial score (nSPS) is 17.7. The first-order valence-electron chi connectivity index (χ1n) is 11.6. The number of pyridine rings is 1. The van der Waals surface area contributed by atoms with E-state index in [1.165, 1.54) is 24.2 Å². The van der Waals surface area contributed by atoms with Crippen LogP contribution in [0.2, 0.25) is 0 Å². The van der Waals surface area contributed by atoms with Crippen molar-refractivity contribution in [2.45, 2.75) is 57.0 Å². The number of benzene rings is 1.